The van der Waals surface area contributed by atoms with E-state index in [1.165, 1.54) is 0 Å². The van der Waals surface area contributed by atoms with Crippen LogP contribution < -0.4 is 0 Å². The topological polar surface area (TPSA) is 64.3 Å². The van der Waals surface area contributed by atoms with Crippen LogP contribution >= 0.6 is 0 Å². The monoisotopic (exact) mass is 230 g/mol. The average molecular weight is 230 g/mol. The number of benzene rings is 1. The lowest BCUT2D eigenvalue weighted by molar-refractivity contribution is -0.148. The minimum atomic E-state index is -0.715. The molecule has 0 saturated carbocycles. The Morgan fingerprint density at radius 1 is 1.47 bits per heavy atom. The van der Waals surface area contributed by atoms with E-state index in [2.05, 4.69) is 17.9 Å². The second-order valence-corrected chi connectivity index (χ2v) is 4.40. The summed E-state index contributed by atoms with van der Waals surface area (Å²) in [5, 5.41) is 17.5. The maximum atomic E-state index is 10.7. The Morgan fingerprint density at radius 3 is 2.53 bits per heavy atom. The summed E-state index contributed by atoms with van der Waals surface area (Å²) >= 11 is 0. The molecular weight excluding hydrogens is 216 g/mol. The molecule has 0 aliphatic carbocycles. The van der Waals surface area contributed by atoms with Crippen molar-refractivity contribution in [2.24, 2.45) is 5.92 Å². The first-order valence-corrected chi connectivity index (χ1v) is 5.58. The Bertz CT molecular complexity index is 455. The highest BCUT2D eigenvalue weighted by atomic mass is 16.4. The van der Waals surface area contributed by atoms with E-state index in [1.54, 1.807) is 12.1 Å². The number of carbonyl (C=O) groups is 1. The van der Waals surface area contributed by atoms with Crippen molar-refractivity contribution < 1.29 is 9.90 Å². The fourth-order valence-corrected chi connectivity index (χ4v) is 2.03. The van der Waals surface area contributed by atoms with Gasteiger partial charge in [0.25, 0.3) is 0 Å². The summed E-state index contributed by atoms with van der Waals surface area (Å²) in [5.74, 6) is -0.941. The third-order valence-corrected chi connectivity index (χ3v) is 3.33. The number of nitriles is 1. The summed E-state index contributed by atoms with van der Waals surface area (Å²) < 4.78 is 0. The summed E-state index contributed by atoms with van der Waals surface area (Å²) in [6.45, 7) is 3.27. The normalized spacial score (nSPS) is 18.1. The van der Waals surface area contributed by atoms with Gasteiger partial charge in [-0.3, -0.25) is 9.69 Å². The first-order chi connectivity index (χ1) is 8.11. The number of aliphatic carboxylic acids is 1. The van der Waals surface area contributed by atoms with Crippen molar-refractivity contribution in [3.8, 4) is 6.07 Å². The lowest BCUT2D eigenvalue weighted by Crippen LogP contribution is -2.51. The van der Waals surface area contributed by atoms with Gasteiger partial charge in [0.2, 0.25) is 0 Å². The molecule has 0 aromatic heterocycles. The number of nitrogens with zero attached hydrogens (tertiary/aromatic N) is 2. The molecule has 1 unspecified atom stereocenters. The molecule has 1 N–H and O–H groups in total. The standard InChI is InChI=1S/C13H14N2O2/c1-9(15-7-12(8-15)13(16)17)11-4-2-10(6-14)3-5-11/h2-5,9,12H,7-8H2,1H3,(H,16,17). The van der Waals surface area contributed by atoms with Gasteiger partial charge in [-0.1, -0.05) is 12.1 Å². The number of carboxylic acid groups (broad SMARTS) is 1. The Hall–Kier alpha value is -1.86. The van der Waals surface area contributed by atoms with E-state index in [4.69, 9.17) is 10.4 Å². The van der Waals surface area contributed by atoms with E-state index in [0.717, 1.165) is 5.56 Å². The van der Waals surface area contributed by atoms with E-state index < -0.39 is 5.97 Å². The van der Waals surface area contributed by atoms with Crippen molar-refractivity contribution in [3.05, 3.63) is 35.4 Å². The first kappa shape index (κ1) is 11.6. The molecule has 1 aromatic rings. The summed E-state index contributed by atoms with van der Waals surface area (Å²) in [5.41, 5.74) is 1.76. The fraction of sp³-hybridized carbons (Fsp3) is 0.385. The number of hydrogen-bond donors (Lipinski definition) is 1. The van der Waals surface area contributed by atoms with Gasteiger partial charge in [-0.25, -0.2) is 0 Å². The van der Waals surface area contributed by atoms with E-state index in [1.807, 2.05) is 12.1 Å². The molecule has 0 bridgehead atoms. The number of carboxylic acids is 1. The van der Waals surface area contributed by atoms with Gasteiger partial charge in [-0.05, 0) is 24.6 Å². The van der Waals surface area contributed by atoms with Crippen LogP contribution in [0.1, 0.15) is 24.1 Å². The maximum Gasteiger partial charge on any atom is 0.309 e. The SMILES string of the molecule is CC(c1ccc(C#N)cc1)N1CC(C(=O)O)C1. The van der Waals surface area contributed by atoms with Crippen LogP contribution in [0.4, 0.5) is 0 Å². The predicted octanol–water partition coefficient (Wildman–Crippen LogP) is 1.64. The molecule has 1 aromatic carbocycles. The molecular formula is C13H14N2O2. The van der Waals surface area contributed by atoms with Crippen LogP contribution in [-0.2, 0) is 4.79 Å². The van der Waals surface area contributed by atoms with E-state index in [9.17, 15) is 4.79 Å². The Balaban J connectivity index is 1.99. The fourth-order valence-electron chi connectivity index (χ4n) is 2.03. The van der Waals surface area contributed by atoms with Crippen LogP contribution in [0.25, 0.3) is 0 Å². The molecule has 1 fully saturated rings. The number of rotatable bonds is 3. The molecule has 4 heteroatoms. The molecule has 17 heavy (non-hydrogen) atoms. The van der Waals surface area contributed by atoms with E-state index in [-0.39, 0.29) is 12.0 Å². The molecule has 0 spiro atoms. The predicted molar refractivity (Wildman–Crippen MR) is 62.3 cm³/mol. The Morgan fingerprint density at radius 2 is 2.06 bits per heavy atom. The summed E-state index contributed by atoms with van der Waals surface area (Å²) in [7, 11) is 0. The number of hydrogen-bond acceptors (Lipinski definition) is 3. The van der Waals surface area contributed by atoms with Gasteiger partial charge in [-0.15, -0.1) is 0 Å². The highest BCUT2D eigenvalue weighted by Gasteiger charge is 2.35. The van der Waals surface area contributed by atoms with Crippen LogP contribution in [0.15, 0.2) is 24.3 Å². The van der Waals surface area contributed by atoms with Gasteiger partial charge in [0.1, 0.15) is 0 Å². The zero-order chi connectivity index (χ0) is 12.4. The highest BCUT2D eigenvalue weighted by Crippen LogP contribution is 2.28. The van der Waals surface area contributed by atoms with Crippen molar-refractivity contribution in [3.63, 3.8) is 0 Å². The molecule has 1 aliphatic rings. The van der Waals surface area contributed by atoms with Gasteiger partial charge >= 0.3 is 5.97 Å². The second kappa shape index (κ2) is 4.56. The van der Waals surface area contributed by atoms with Crippen molar-refractivity contribution in [2.45, 2.75) is 13.0 Å². The average Bonchev–Trinajstić information content (AvgIpc) is 2.26. The molecule has 0 amide bonds. The molecule has 0 radical (unpaired) electrons. The van der Waals surface area contributed by atoms with Gasteiger partial charge in [0.05, 0.1) is 17.6 Å². The Labute approximate surface area is 100 Å². The largest absolute Gasteiger partial charge is 0.481 e. The van der Waals surface area contributed by atoms with E-state index in [0.29, 0.717) is 18.7 Å². The molecule has 1 atom stereocenters. The van der Waals surface area contributed by atoms with Gasteiger partial charge in [0, 0.05) is 19.1 Å². The van der Waals surface area contributed by atoms with Crippen LogP contribution in [0.3, 0.4) is 0 Å². The third-order valence-electron chi connectivity index (χ3n) is 3.33. The molecule has 1 saturated heterocycles. The van der Waals surface area contributed by atoms with E-state index >= 15 is 0 Å². The molecule has 1 aliphatic heterocycles. The first-order valence-electron chi connectivity index (χ1n) is 5.58. The zero-order valence-electron chi connectivity index (χ0n) is 9.63. The Kier molecular flexibility index (Phi) is 3.12. The summed E-state index contributed by atoms with van der Waals surface area (Å²) in [6, 6.07) is 9.73. The van der Waals surface area contributed by atoms with Gasteiger partial charge in [0.15, 0.2) is 0 Å². The molecule has 88 valence electrons. The highest BCUT2D eigenvalue weighted by molar-refractivity contribution is 5.71. The van der Waals surface area contributed by atoms with Crippen LogP contribution in [-0.4, -0.2) is 29.1 Å². The minimum Gasteiger partial charge on any atom is -0.481 e. The zero-order valence-corrected chi connectivity index (χ0v) is 9.63. The minimum absolute atomic E-state index is 0.207. The lowest BCUT2D eigenvalue weighted by Gasteiger charge is -2.41. The summed E-state index contributed by atoms with van der Waals surface area (Å²) in [6.07, 6.45) is 0. The van der Waals surface area contributed by atoms with Crippen molar-refractivity contribution >= 4 is 5.97 Å². The second-order valence-electron chi connectivity index (χ2n) is 4.40. The summed E-state index contributed by atoms with van der Waals surface area (Å²) in [4.78, 5) is 12.8. The third kappa shape index (κ3) is 2.29. The number of likely N-dealkylation sites (tertiary alicyclic amines) is 1. The molecule has 4 nitrogen and oxygen atoms in total. The quantitative estimate of drug-likeness (QED) is 0.857. The van der Waals surface area contributed by atoms with Gasteiger partial charge < -0.3 is 5.11 Å². The van der Waals surface area contributed by atoms with Crippen molar-refractivity contribution in [2.75, 3.05) is 13.1 Å². The lowest BCUT2D eigenvalue weighted by atomic mass is 9.95. The smallest absolute Gasteiger partial charge is 0.309 e. The van der Waals surface area contributed by atoms with Crippen LogP contribution in [0.2, 0.25) is 0 Å². The maximum absolute atomic E-state index is 10.7. The van der Waals surface area contributed by atoms with Crippen LogP contribution in [0, 0.1) is 17.2 Å². The van der Waals surface area contributed by atoms with Crippen molar-refractivity contribution in [1.82, 2.24) is 4.90 Å². The molecule has 2 rings (SSSR count). The van der Waals surface area contributed by atoms with Gasteiger partial charge in [-0.2, -0.15) is 5.26 Å². The molecule has 1 heterocycles. The van der Waals surface area contributed by atoms with Crippen LogP contribution in [0.5, 0.6) is 0 Å². The van der Waals surface area contributed by atoms with Crippen molar-refractivity contribution in [1.29, 1.82) is 5.26 Å².